The van der Waals surface area contributed by atoms with Crippen LogP contribution in [0.2, 0.25) is 0 Å². The monoisotopic (exact) mass is 216 g/mol. The van der Waals surface area contributed by atoms with Gasteiger partial charge in [-0.25, -0.2) is 4.98 Å². The lowest BCUT2D eigenvalue weighted by Gasteiger charge is -2.18. The fraction of sp³-hybridized carbons (Fsp3) is 0.667. The van der Waals surface area contributed by atoms with E-state index in [4.69, 9.17) is 0 Å². The van der Waals surface area contributed by atoms with Gasteiger partial charge in [-0.3, -0.25) is 0 Å². The summed E-state index contributed by atoms with van der Waals surface area (Å²) in [6.45, 7) is 4.48. The van der Waals surface area contributed by atoms with Crippen LogP contribution in [0, 0.1) is 5.92 Å². The highest BCUT2D eigenvalue weighted by molar-refractivity contribution is 8.01. The molecule has 0 saturated carbocycles. The van der Waals surface area contributed by atoms with Gasteiger partial charge in [-0.1, -0.05) is 25.6 Å². The number of thiazole rings is 1. The molecule has 1 rings (SSSR count). The zero-order valence-corrected chi connectivity index (χ0v) is 9.91. The molecular weight excluding hydrogens is 200 g/mol. The summed E-state index contributed by atoms with van der Waals surface area (Å²) in [6.07, 6.45) is 1.86. The van der Waals surface area contributed by atoms with Gasteiger partial charge in [0.15, 0.2) is 0 Å². The highest BCUT2D eigenvalue weighted by Crippen LogP contribution is 2.22. The maximum atomic E-state index is 4.24. The summed E-state index contributed by atoms with van der Waals surface area (Å²) in [4.78, 5) is 4.24. The average molecular weight is 216 g/mol. The van der Waals surface area contributed by atoms with Crippen molar-refractivity contribution in [3.05, 3.63) is 11.6 Å². The molecule has 1 aromatic rings. The van der Waals surface area contributed by atoms with E-state index in [1.807, 2.05) is 30.4 Å². The summed E-state index contributed by atoms with van der Waals surface area (Å²) in [6, 6.07) is 0.578. The van der Waals surface area contributed by atoms with Crippen molar-refractivity contribution in [1.82, 2.24) is 10.3 Å². The molecule has 1 N–H and O–H groups in total. The maximum Gasteiger partial charge on any atom is 0.149 e. The second-order valence-corrected chi connectivity index (χ2v) is 5.41. The lowest BCUT2D eigenvalue weighted by molar-refractivity contribution is 0.465. The Kier molecular flexibility index (Phi) is 4.77. The lowest BCUT2D eigenvalue weighted by Crippen LogP contribution is -2.32. The van der Waals surface area contributed by atoms with Crippen LogP contribution in [-0.4, -0.2) is 23.8 Å². The Hall–Kier alpha value is -0.0600. The van der Waals surface area contributed by atoms with Crippen LogP contribution in [0.4, 0.5) is 0 Å². The Bertz CT molecular complexity index is 222. The van der Waals surface area contributed by atoms with Crippen LogP contribution in [0.3, 0.4) is 0 Å². The number of thioether (sulfide) groups is 1. The third kappa shape index (κ3) is 3.67. The Morgan fingerprint density at radius 2 is 2.38 bits per heavy atom. The molecule has 0 spiro atoms. The molecule has 74 valence electrons. The highest BCUT2D eigenvalue weighted by Gasteiger charge is 2.11. The van der Waals surface area contributed by atoms with E-state index >= 15 is 0 Å². The molecule has 4 heteroatoms. The predicted octanol–water partition coefficient (Wildman–Crippen LogP) is 2.48. The summed E-state index contributed by atoms with van der Waals surface area (Å²) in [5, 5.41) is 5.34. The van der Waals surface area contributed by atoms with Crippen LogP contribution >= 0.6 is 23.1 Å². The number of nitrogens with zero attached hydrogens (tertiary/aromatic N) is 1. The minimum Gasteiger partial charge on any atom is -0.316 e. The molecule has 0 bridgehead atoms. The number of aromatic nitrogens is 1. The van der Waals surface area contributed by atoms with E-state index in [9.17, 15) is 0 Å². The van der Waals surface area contributed by atoms with Gasteiger partial charge in [0.05, 0.1) is 0 Å². The van der Waals surface area contributed by atoms with Crippen LogP contribution in [0.1, 0.15) is 13.8 Å². The van der Waals surface area contributed by atoms with E-state index in [0.717, 1.165) is 5.75 Å². The van der Waals surface area contributed by atoms with Gasteiger partial charge in [0.25, 0.3) is 0 Å². The van der Waals surface area contributed by atoms with E-state index in [2.05, 4.69) is 24.1 Å². The van der Waals surface area contributed by atoms with Crippen molar-refractivity contribution < 1.29 is 0 Å². The molecule has 0 aliphatic carbocycles. The number of nitrogens with one attached hydrogen (secondary N) is 1. The molecule has 1 atom stereocenters. The minimum absolute atomic E-state index is 0.578. The molecular formula is C9H16N2S2. The second kappa shape index (κ2) is 5.62. The van der Waals surface area contributed by atoms with Crippen LogP contribution in [0.5, 0.6) is 0 Å². The van der Waals surface area contributed by atoms with Crippen LogP contribution in [-0.2, 0) is 0 Å². The third-order valence-electron chi connectivity index (χ3n) is 1.97. The van der Waals surface area contributed by atoms with Crippen molar-refractivity contribution in [1.29, 1.82) is 0 Å². The van der Waals surface area contributed by atoms with Crippen molar-refractivity contribution in [2.24, 2.45) is 5.92 Å². The summed E-state index contributed by atoms with van der Waals surface area (Å²) >= 11 is 3.54. The van der Waals surface area contributed by atoms with Crippen molar-refractivity contribution in [2.45, 2.75) is 24.2 Å². The summed E-state index contributed by atoms with van der Waals surface area (Å²) in [7, 11) is 2.02. The number of hydrogen-bond acceptors (Lipinski definition) is 4. The Morgan fingerprint density at radius 3 is 2.85 bits per heavy atom. The van der Waals surface area contributed by atoms with Gasteiger partial charge in [-0.05, 0) is 13.0 Å². The van der Waals surface area contributed by atoms with Gasteiger partial charge in [-0.2, -0.15) is 0 Å². The molecule has 0 amide bonds. The molecule has 0 aliphatic heterocycles. The lowest BCUT2D eigenvalue weighted by atomic mass is 10.1. The molecule has 1 aromatic heterocycles. The van der Waals surface area contributed by atoms with Crippen LogP contribution in [0.15, 0.2) is 15.9 Å². The molecule has 1 heterocycles. The van der Waals surface area contributed by atoms with Gasteiger partial charge in [-0.15, -0.1) is 11.3 Å². The maximum absolute atomic E-state index is 4.24. The molecule has 0 fully saturated rings. The topological polar surface area (TPSA) is 24.9 Å². The molecule has 0 radical (unpaired) electrons. The quantitative estimate of drug-likeness (QED) is 0.765. The zero-order chi connectivity index (χ0) is 9.68. The first-order valence-electron chi connectivity index (χ1n) is 4.43. The van der Waals surface area contributed by atoms with E-state index in [1.165, 1.54) is 4.34 Å². The summed E-state index contributed by atoms with van der Waals surface area (Å²) in [5.74, 6) is 1.78. The SMILES string of the molecule is CNC(CSc1nccs1)C(C)C. The molecule has 13 heavy (non-hydrogen) atoms. The Morgan fingerprint density at radius 1 is 1.62 bits per heavy atom. The molecule has 0 aromatic carbocycles. The van der Waals surface area contributed by atoms with Gasteiger partial charge < -0.3 is 5.32 Å². The second-order valence-electron chi connectivity index (χ2n) is 3.25. The Labute approximate surface area is 88.2 Å². The average Bonchev–Trinajstić information content (AvgIpc) is 2.57. The fourth-order valence-corrected chi connectivity index (χ4v) is 3.06. The predicted molar refractivity (Wildman–Crippen MR) is 60.5 cm³/mol. The number of hydrogen-bond donors (Lipinski definition) is 1. The minimum atomic E-state index is 0.578. The molecule has 0 aliphatic rings. The molecule has 1 unspecified atom stereocenters. The fourth-order valence-electron chi connectivity index (χ4n) is 1.05. The van der Waals surface area contributed by atoms with Crippen LogP contribution in [0.25, 0.3) is 0 Å². The first kappa shape index (κ1) is 11.0. The van der Waals surface area contributed by atoms with E-state index < -0.39 is 0 Å². The summed E-state index contributed by atoms with van der Waals surface area (Å²) < 4.78 is 1.17. The van der Waals surface area contributed by atoms with Crippen molar-refractivity contribution in [3.63, 3.8) is 0 Å². The van der Waals surface area contributed by atoms with Gasteiger partial charge >= 0.3 is 0 Å². The van der Waals surface area contributed by atoms with Gasteiger partial charge in [0.1, 0.15) is 4.34 Å². The summed E-state index contributed by atoms with van der Waals surface area (Å²) in [5.41, 5.74) is 0. The van der Waals surface area contributed by atoms with Crippen molar-refractivity contribution in [2.75, 3.05) is 12.8 Å². The largest absolute Gasteiger partial charge is 0.316 e. The zero-order valence-electron chi connectivity index (χ0n) is 8.28. The smallest absolute Gasteiger partial charge is 0.149 e. The highest BCUT2D eigenvalue weighted by atomic mass is 32.2. The first-order chi connectivity index (χ1) is 6.24. The Balaban J connectivity index is 2.32. The van der Waals surface area contributed by atoms with E-state index in [-0.39, 0.29) is 0 Å². The molecule has 2 nitrogen and oxygen atoms in total. The van der Waals surface area contributed by atoms with Crippen LogP contribution < -0.4 is 5.32 Å². The normalized spacial score (nSPS) is 13.5. The van der Waals surface area contributed by atoms with Crippen molar-refractivity contribution in [3.8, 4) is 0 Å². The van der Waals surface area contributed by atoms with Gasteiger partial charge in [0.2, 0.25) is 0 Å². The van der Waals surface area contributed by atoms with E-state index in [1.54, 1.807) is 11.3 Å². The molecule has 0 saturated heterocycles. The van der Waals surface area contributed by atoms with Crippen molar-refractivity contribution >= 4 is 23.1 Å². The third-order valence-corrected chi connectivity index (χ3v) is 4.06. The number of rotatable bonds is 5. The first-order valence-corrected chi connectivity index (χ1v) is 6.30. The van der Waals surface area contributed by atoms with E-state index in [0.29, 0.717) is 12.0 Å². The standard InChI is InChI=1S/C9H16N2S2/c1-7(2)8(10-3)6-13-9-11-4-5-12-9/h4-5,7-8,10H,6H2,1-3H3. The van der Waals surface area contributed by atoms with Gasteiger partial charge in [0, 0.05) is 23.4 Å².